The summed E-state index contributed by atoms with van der Waals surface area (Å²) in [5.74, 6) is 0.402. The Morgan fingerprint density at radius 2 is 1.92 bits per heavy atom. The van der Waals surface area contributed by atoms with Gasteiger partial charge in [0, 0.05) is 10.9 Å². The molecule has 0 heterocycles. The summed E-state index contributed by atoms with van der Waals surface area (Å²) in [7, 11) is 0. The summed E-state index contributed by atoms with van der Waals surface area (Å²) in [4.78, 5) is 0. The smallest absolute Gasteiger partial charge is 0.0443 e. The summed E-state index contributed by atoms with van der Waals surface area (Å²) in [5, 5.41) is 0.854. The monoisotopic (exact) mass is 194 g/mol. The second kappa shape index (κ2) is 4.48. The molecule has 1 unspecified atom stereocenters. The molecule has 0 fully saturated rings. The Hall–Kier alpha value is -0.750. The number of benzene rings is 1. The van der Waals surface area contributed by atoms with Crippen molar-refractivity contribution >= 4 is 11.6 Å². The maximum absolute atomic E-state index is 6.07. The predicted molar refractivity (Wildman–Crippen MR) is 59.3 cm³/mol. The minimum atomic E-state index is 0.402. The second-order valence-corrected chi connectivity index (χ2v) is 3.96. The average Bonchev–Trinajstić information content (AvgIpc) is 2.03. The second-order valence-electron chi connectivity index (χ2n) is 3.55. The predicted octanol–water partition coefficient (Wildman–Crippen LogP) is 4.41. The van der Waals surface area contributed by atoms with Crippen molar-refractivity contribution in [3.63, 3.8) is 0 Å². The van der Waals surface area contributed by atoms with Crippen LogP contribution in [0.25, 0.3) is 0 Å². The van der Waals surface area contributed by atoms with Gasteiger partial charge in [0.15, 0.2) is 0 Å². The van der Waals surface area contributed by atoms with Crippen molar-refractivity contribution in [1.29, 1.82) is 0 Å². The summed E-state index contributed by atoms with van der Waals surface area (Å²) in [6, 6.07) is 8.00. The molecule has 1 rings (SSSR count). The van der Waals surface area contributed by atoms with Gasteiger partial charge in [0.05, 0.1) is 0 Å². The SMILES string of the molecule is CC(C)=CC(C)c1ccccc1Cl. The van der Waals surface area contributed by atoms with E-state index >= 15 is 0 Å². The van der Waals surface area contributed by atoms with E-state index in [9.17, 15) is 0 Å². The van der Waals surface area contributed by atoms with Crippen LogP contribution in [-0.2, 0) is 0 Å². The lowest BCUT2D eigenvalue weighted by Gasteiger charge is -2.09. The molecule has 13 heavy (non-hydrogen) atoms. The van der Waals surface area contributed by atoms with Crippen LogP contribution in [0.3, 0.4) is 0 Å². The van der Waals surface area contributed by atoms with Crippen LogP contribution in [0.2, 0.25) is 5.02 Å². The summed E-state index contributed by atoms with van der Waals surface area (Å²) in [5.41, 5.74) is 2.53. The maximum Gasteiger partial charge on any atom is 0.0443 e. The molecule has 0 bridgehead atoms. The summed E-state index contributed by atoms with van der Waals surface area (Å²) in [6.07, 6.45) is 2.22. The lowest BCUT2D eigenvalue weighted by atomic mass is 9.99. The Bertz CT molecular complexity index is 309. The lowest BCUT2D eigenvalue weighted by molar-refractivity contribution is 0.952. The Balaban J connectivity index is 2.95. The van der Waals surface area contributed by atoms with E-state index in [-0.39, 0.29) is 0 Å². The molecule has 0 aliphatic carbocycles. The Labute approximate surface area is 85.2 Å². The summed E-state index contributed by atoms with van der Waals surface area (Å²) in [6.45, 7) is 6.37. The van der Waals surface area contributed by atoms with E-state index in [2.05, 4.69) is 32.9 Å². The van der Waals surface area contributed by atoms with E-state index in [0.29, 0.717) is 5.92 Å². The van der Waals surface area contributed by atoms with Crippen LogP contribution in [0.15, 0.2) is 35.9 Å². The van der Waals surface area contributed by atoms with Gasteiger partial charge in [-0.2, -0.15) is 0 Å². The molecule has 0 aliphatic heterocycles. The van der Waals surface area contributed by atoms with Crippen molar-refractivity contribution in [2.24, 2.45) is 0 Å². The molecule has 1 aromatic rings. The number of hydrogen-bond acceptors (Lipinski definition) is 0. The average molecular weight is 195 g/mol. The highest BCUT2D eigenvalue weighted by Gasteiger charge is 2.05. The number of halogens is 1. The molecule has 0 amide bonds. The van der Waals surface area contributed by atoms with Crippen LogP contribution in [0.5, 0.6) is 0 Å². The molecule has 0 spiro atoms. The van der Waals surface area contributed by atoms with E-state index in [1.807, 2.05) is 18.2 Å². The topological polar surface area (TPSA) is 0 Å². The van der Waals surface area contributed by atoms with Gasteiger partial charge in [-0.15, -0.1) is 0 Å². The Morgan fingerprint density at radius 1 is 1.31 bits per heavy atom. The maximum atomic E-state index is 6.07. The Morgan fingerprint density at radius 3 is 2.46 bits per heavy atom. The van der Waals surface area contributed by atoms with E-state index < -0.39 is 0 Å². The highest BCUT2D eigenvalue weighted by atomic mass is 35.5. The molecule has 0 saturated heterocycles. The fourth-order valence-electron chi connectivity index (χ4n) is 1.43. The third-order valence-corrected chi connectivity index (χ3v) is 2.32. The van der Waals surface area contributed by atoms with E-state index in [0.717, 1.165) is 5.02 Å². The quantitative estimate of drug-likeness (QED) is 0.612. The van der Waals surface area contributed by atoms with Gasteiger partial charge in [0.25, 0.3) is 0 Å². The van der Waals surface area contributed by atoms with Gasteiger partial charge >= 0.3 is 0 Å². The van der Waals surface area contributed by atoms with Crippen LogP contribution in [0.1, 0.15) is 32.3 Å². The molecule has 0 aliphatic rings. The fraction of sp³-hybridized carbons (Fsp3) is 0.333. The van der Waals surface area contributed by atoms with Crippen LogP contribution in [-0.4, -0.2) is 0 Å². The zero-order valence-electron chi connectivity index (χ0n) is 8.34. The molecule has 1 aromatic carbocycles. The van der Waals surface area contributed by atoms with Gasteiger partial charge in [0.1, 0.15) is 0 Å². The normalized spacial score (nSPS) is 12.3. The highest BCUT2D eigenvalue weighted by molar-refractivity contribution is 6.31. The van der Waals surface area contributed by atoms with Crippen molar-refractivity contribution in [1.82, 2.24) is 0 Å². The zero-order valence-corrected chi connectivity index (χ0v) is 9.10. The minimum Gasteiger partial charge on any atom is -0.0840 e. The first-order valence-corrected chi connectivity index (χ1v) is 4.88. The summed E-state index contributed by atoms with van der Waals surface area (Å²) >= 11 is 6.07. The lowest BCUT2D eigenvalue weighted by Crippen LogP contribution is -1.90. The molecule has 70 valence electrons. The van der Waals surface area contributed by atoms with Crippen LogP contribution in [0, 0.1) is 0 Å². The molecule has 0 aromatic heterocycles. The molecule has 1 atom stereocenters. The molecule has 0 radical (unpaired) electrons. The van der Waals surface area contributed by atoms with Crippen molar-refractivity contribution in [2.75, 3.05) is 0 Å². The van der Waals surface area contributed by atoms with Gasteiger partial charge in [0.2, 0.25) is 0 Å². The third kappa shape index (κ3) is 2.89. The number of rotatable bonds is 2. The van der Waals surface area contributed by atoms with Gasteiger partial charge in [-0.05, 0) is 25.5 Å². The molecular weight excluding hydrogens is 180 g/mol. The molecule has 0 nitrogen and oxygen atoms in total. The van der Waals surface area contributed by atoms with Crippen molar-refractivity contribution in [2.45, 2.75) is 26.7 Å². The van der Waals surface area contributed by atoms with Gasteiger partial charge in [-0.25, -0.2) is 0 Å². The van der Waals surface area contributed by atoms with Crippen molar-refractivity contribution in [3.8, 4) is 0 Å². The van der Waals surface area contributed by atoms with E-state index in [4.69, 9.17) is 11.6 Å². The van der Waals surface area contributed by atoms with Crippen LogP contribution in [0.4, 0.5) is 0 Å². The number of allylic oxidation sites excluding steroid dienone is 2. The first kappa shape index (κ1) is 10.3. The largest absolute Gasteiger partial charge is 0.0840 e. The third-order valence-electron chi connectivity index (χ3n) is 1.98. The van der Waals surface area contributed by atoms with Gasteiger partial charge in [-0.1, -0.05) is 48.4 Å². The first-order valence-electron chi connectivity index (χ1n) is 4.50. The molecular formula is C12H15Cl. The Kier molecular flexibility index (Phi) is 3.56. The minimum absolute atomic E-state index is 0.402. The van der Waals surface area contributed by atoms with Crippen LogP contribution >= 0.6 is 11.6 Å². The number of hydrogen-bond donors (Lipinski definition) is 0. The van der Waals surface area contributed by atoms with Gasteiger partial charge in [-0.3, -0.25) is 0 Å². The van der Waals surface area contributed by atoms with Gasteiger partial charge < -0.3 is 0 Å². The van der Waals surface area contributed by atoms with E-state index in [1.54, 1.807) is 0 Å². The standard InChI is InChI=1S/C12H15Cl/c1-9(2)8-10(3)11-6-4-5-7-12(11)13/h4-8,10H,1-3H3. The fourth-order valence-corrected chi connectivity index (χ4v) is 1.74. The van der Waals surface area contributed by atoms with Crippen molar-refractivity contribution < 1.29 is 0 Å². The zero-order chi connectivity index (χ0) is 9.84. The molecule has 0 saturated carbocycles. The summed E-state index contributed by atoms with van der Waals surface area (Å²) < 4.78 is 0. The first-order chi connectivity index (χ1) is 6.11. The van der Waals surface area contributed by atoms with E-state index in [1.165, 1.54) is 11.1 Å². The van der Waals surface area contributed by atoms with Crippen molar-refractivity contribution in [3.05, 3.63) is 46.5 Å². The van der Waals surface area contributed by atoms with Crippen LogP contribution < -0.4 is 0 Å². The molecule has 1 heteroatoms. The molecule has 0 N–H and O–H groups in total. The highest BCUT2D eigenvalue weighted by Crippen LogP contribution is 2.25.